The number of nitrogens with one attached hydrogen (secondary N) is 2. The van der Waals surface area contributed by atoms with E-state index in [1.807, 2.05) is 0 Å². The fourth-order valence-corrected chi connectivity index (χ4v) is 2.83. The molecule has 0 aliphatic carbocycles. The van der Waals surface area contributed by atoms with E-state index in [1.54, 1.807) is 18.2 Å². The molecule has 1 aromatic heterocycles. The van der Waals surface area contributed by atoms with Crippen LogP contribution in [0.25, 0.3) is 17.0 Å². The first-order valence-corrected chi connectivity index (χ1v) is 8.65. The number of ether oxygens (including phenoxy) is 2. The molecule has 0 spiro atoms. The summed E-state index contributed by atoms with van der Waals surface area (Å²) in [4.78, 5) is 28.0. The van der Waals surface area contributed by atoms with E-state index in [1.165, 1.54) is 50.8 Å². The molecule has 0 radical (unpaired) electrons. The summed E-state index contributed by atoms with van der Waals surface area (Å²) in [7, 11) is 2.73. The van der Waals surface area contributed by atoms with Gasteiger partial charge in [-0.25, -0.2) is 0 Å². The maximum Gasteiger partial charge on any atom is 0.246 e. The Morgan fingerprint density at radius 2 is 1.93 bits per heavy atom. The van der Waals surface area contributed by atoms with E-state index in [0.717, 1.165) is 0 Å². The lowest BCUT2D eigenvalue weighted by molar-refractivity contribution is -0.119. The number of ketones is 1. The van der Waals surface area contributed by atoms with E-state index in [9.17, 15) is 19.8 Å². The molecule has 1 heterocycles. The number of Topliss-reactive ketones (excluding diaryl/α,β-unsaturated/α-hetero) is 1. The van der Waals surface area contributed by atoms with Crippen LogP contribution in [0.4, 0.5) is 0 Å². The van der Waals surface area contributed by atoms with Gasteiger partial charge in [0.1, 0.15) is 5.75 Å². The zero-order chi connectivity index (χ0) is 21.0. The number of H-pyrrole nitrogens is 1. The largest absolute Gasteiger partial charge is 0.508 e. The number of aromatic nitrogens is 1. The number of phenolic OH excluding ortho intramolecular Hbond substituents is 2. The number of hydrogen-bond donors (Lipinski definition) is 4. The minimum atomic E-state index is -1.21. The second-order valence-electron chi connectivity index (χ2n) is 6.19. The van der Waals surface area contributed by atoms with E-state index < -0.39 is 17.9 Å². The standard InChI is InChI=1S/C21H20N2O6/c1-28-18-9-12(3-7-17(18)25)4-8-19(26)23-21(29-2)20(27)15-11-22-16-6-5-13(24)10-14(15)16/h3-11,21-22,24-25H,1-2H3,(H,23,26)/b8-4+. The van der Waals surface area contributed by atoms with Crippen molar-refractivity contribution in [2.24, 2.45) is 0 Å². The highest BCUT2D eigenvalue weighted by Gasteiger charge is 2.23. The Morgan fingerprint density at radius 3 is 2.66 bits per heavy atom. The Labute approximate surface area is 166 Å². The molecule has 3 rings (SSSR count). The van der Waals surface area contributed by atoms with Gasteiger partial charge in [-0.3, -0.25) is 9.59 Å². The molecule has 8 nitrogen and oxygen atoms in total. The number of hydrogen-bond acceptors (Lipinski definition) is 6. The second-order valence-corrected chi connectivity index (χ2v) is 6.19. The van der Waals surface area contributed by atoms with Crippen molar-refractivity contribution in [2.45, 2.75) is 6.23 Å². The molecule has 0 aliphatic rings. The van der Waals surface area contributed by atoms with Crippen molar-refractivity contribution >= 4 is 28.7 Å². The van der Waals surface area contributed by atoms with Gasteiger partial charge < -0.3 is 30.0 Å². The number of carbonyl (C=O) groups excluding carboxylic acids is 2. The molecule has 0 saturated heterocycles. The number of aromatic amines is 1. The molecule has 3 aromatic rings. The lowest BCUT2D eigenvalue weighted by Crippen LogP contribution is -2.41. The average molecular weight is 396 g/mol. The summed E-state index contributed by atoms with van der Waals surface area (Å²) in [6.45, 7) is 0. The van der Waals surface area contributed by atoms with E-state index in [-0.39, 0.29) is 22.8 Å². The minimum absolute atomic E-state index is 0.0103. The summed E-state index contributed by atoms with van der Waals surface area (Å²) >= 11 is 0. The summed E-state index contributed by atoms with van der Waals surface area (Å²) < 4.78 is 10.2. The van der Waals surface area contributed by atoms with Crippen LogP contribution in [-0.2, 0) is 9.53 Å². The maximum atomic E-state index is 12.8. The number of aromatic hydroxyl groups is 2. The minimum Gasteiger partial charge on any atom is -0.508 e. The van der Waals surface area contributed by atoms with Crippen LogP contribution >= 0.6 is 0 Å². The first-order valence-electron chi connectivity index (χ1n) is 8.65. The first kappa shape index (κ1) is 20.0. The highest BCUT2D eigenvalue weighted by Crippen LogP contribution is 2.27. The topological polar surface area (TPSA) is 121 Å². The van der Waals surface area contributed by atoms with Crippen LogP contribution in [0.2, 0.25) is 0 Å². The number of methoxy groups -OCH3 is 2. The van der Waals surface area contributed by atoms with Gasteiger partial charge in [0.15, 0.2) is 17.7 Å². The SMILES string of the molecule is COc1cc(/C=C/C(=O)NC(OC)C(=O)c2c[nH]c3ccc(O)cc23)ccc1O. The van der Waals surface area contributed by atoms with E-state index in [4.69, 9.17) is 9.47 Å². The number of carbonyl (C=O) groups is 2. The van der Waals surface area contributed by atoms with Crippen molar-refractivity contribution < 1.29 is 29.3 Å². The third kappa shape index (κ3) is 4.39. The predicted octanol–water partition coefficient (Wildman–Crippen LogP) is 2.57. The zero-order valence-electron chi connectivity index (χ0n) is 15.8. The van der Waals surface area contributed by atoms with Gasteiger partial charge in [0, 0.05) is 35.8 Å². The molecule has 2 aromatic carbocycles. The molecule has 0 fully saturated rings. The molecule has 0 aliphatic heterocycles. The molecular formula is C21H20N2O6. The summed E-state index contributed by atoms with van der Waals surface area (Å²) in [6.07, 6.45) is 3.05. The monoisotopic (exact) mass is 396 g/mol. The Kier molecular flexibility index (Phi) is 5.85. The first-order chi connectivity index (χ1) is 13.9. The van der Waals surface area contributed by atoms with Gasteiger partial charge in [0.05, 0.1) is 7.11 Å². The summed E-state index contributed by atoms with van der Waals surface area (Å²) in [6, 6.07) is 9.24. The van der Waals surface area contributed by atoms with Crippen molar-refractivity contribution in [3.05, 3.63) is 59.8 Å². The average Bonchev–Trinajstić information content (AvgIpc) is 3.13. The highest BCUT2D eigenvalue weighted by molar-refractivity contribution is 6.11. The number of rotatable bonds is 7. The number of fused-ring (bicyclic) bond motifs is 1. The Hall–Kier alpha value is -3.78. The van der Waals surface area contributed by atoms with E-state index in [0.29, 0.717) is 16.5 Å². The highest BCUT2D eigenvalue weighted by atomic mass is 16.5. The molecule has 29 heavy (non-hydrogen) atoms. The molecular weight excluding hydrogens is 376 g/mol. The fourth-order valence-electron chi connectivity index (χ4n) is 2.83. The summed E-state index contributed by atoms with van der Waals surface area (Å²) in [5.41, 5.74) is 1.59. The van der Waals surface area contributed by atoms with Gasteiger partial charge in [0.25, 0.3) is 0 Å². The van der Waals surface area contributed by atoms with Crippen molar-refractivity contribution in [3.63, 3.8) is 0 Å². The fraction of sp³-hybridized carbons (Fsp3) is 0.143. The van der Waals surface area contributed by atoms with Gasteiger partial charge in [0.2, 0.25) is 11.7 Å². The molecule has 1 atom stereocenters. The molecule has 0 bridgehead atoms. The van der Waals surface area contributed by atoms with Gasteiger partial charge in [-0.2, -0.15) is 0 Å². The van der Waals surface area contributed by atoms with Gasteiger partial charge in [-0.1, -0.05) is 6.07 Å². The Morgan fingerprint density at radius 1 is 1.14 bits per heavy atom. The molecule has 1 unspecified atom stereocenters. The number of phenols is 2. The van der Waals surface area contributed by atoms with E-state index in [2.05, 4.69) is 10.3 Å². The quantitative estimate of drug-likeness (QED) is 0.277. The normalized spacial score (nSPS) is 12.2. The molecule has 1 amide bonds. The number of benzene rings is 2. The van der Waals surface area contributed by atoms with Crippen LogP contribution in [0.5, 0.6) is 17.2 Å². The third-order valence-electron chi connectivity index (χ3n) is 4.31. The van der Waals surface area contributed by atoms with Crippen molar-refractivity contribution in [1.29, 1.82) is 0 Å². The summed E-state index contributed by atoms with van der Waals surface area (Å²) in [5.74, 6) is -0.710. The summed E-state index contributed by atoms with van der Waals surface area (Å²) in [5, 5.41) is 22.3. The predicted molar refractivity (Wildman–Crippen MR) is 107 cm³/mol. The van der Waals surface area contributed by atoms with Crippen molar-refractivity contribution in [1.82, 2.24) is 10.3 Å². The third-order valence-corrected chi connectivity index (χ3v) is 4.31. The Balaban J connectivity index is 1.74. The van der Waals surface area contributed by atoms with Crippen molar-refractivity contribution in [2.75, 3.05) is 14.2 Å². The van der Waals surface area contributed by atoms with Crippen LogP contribution in [0.1, 0.15) is 15.9 Å². The molecule has 4 N–H and O–H groups in total. The number of amides is 1. The van der Waals surface area contributed by atoms with Crippen LogP contribution in [0, 0.1) is 0 Å². The van der Waals surface area contributed by atoms with Crippen molar-refractivity contribution in [3.8, 4) is 17.2 Å². The van der Waals surface area contributed by atoms with Crippen LogP contribution in [-0.4, -0.2) is 47.3 Å². The van der Waals surface area contributed by atoms with E-state index >= 15 is 0 Å². The maximum absolute atomic E-state index is 12.8. The van der Waals surface area contributed by atoms with Crippen LogP contribution in [0.3, 0.4) is 0 Å². The van der Waals surface area contributed by atoms with Gasteiger partial charge >= 0.3 is 0 Å². The lowest BCUT2D eigenvalue weighted by Gasteiger charge is -2.14. The van der Waals surface area contributed by atoms with Gasteiger partial charge in [-0.05, 0) is 42.0 Å². The molecule has 8 heteroatoms. The molecule has 150 valence electrons. The second kappa shape index (κ2) is 8.49. The molecule has 0 saturated carbocycles. The van der Waals surface area contributed by atoms with Crippen LogP contribution in [0.15, 0.2) is 48.7 Å². The van der Waals surface area contributed by atoms with Gasteiger partial charge in [-0.15, -0.1) is 0 Å². The van der Waals surface area contributed by atoms with Crippen LogP contribution < -0.4 is 10.1 Å². The smallest absolute Gasteiger partial charge is 0.246 e. The lowest BCUT2D eigenvalue weighted by atomic mass is 10.1. The zero-order valence-corrected chi connectivity index (χ0v) is 15.8. The Bertz CT molecular complexity index is 1090.